The maximum Gasteiger partial charge on any atom is 0.320 e. The van der Waals surface area contributed by atoms with Crippen molar-refractivity contribution in [3.63, 3.8) is 0 Å². The number of carbonyl (C=O) groups excluding carboxylic acids is 1. The normalized spacial score (nSPS) is 22.2. The van der Waals surface area contributed by atoms with Crippen molar-refractivity contribution in [3.05, 3.63) is 48.1 Å². The maximum atomic E-state index is 12.2. The number of carbonyl (C=O) groups is 1. The van der Waals surface area contributed by atoms with E-state index < -0.39 is 0 Å². The quantitative estimate of drug-likeness (QED) is 0.603. The molecule has 0 radical (unpaired) electrons. The molecule has 3 heterocycles. The van der Waals surface area contributed by atoms with Gasteiger partial charge in [0.1, 0.15) is 5.82 Å². The Morgan fingerprint density at radius 2 is 2.07 bits per heavy atom. The number of nitrogens with zero attached hydrogens (tertiary/aromatic N) is 3. The van der Waals surface area contributed by atoms with E-state index >= 15 is 0 Å². The Bertz CT molecular complexity index is 745. The van der Waals surface area contributed by atoms with Gasteiger partial charge in [0.25, 0.3) is 0 Å². The van der Waals surface area contributed by atoms with Gasteiger partial charge in [-0.25, -0.2) is 9.78 Å². The van der Waals surface area contributed by atoms with Crippen LogP contribution in [0.1, 0.15) is 26.2 Å². The van der Waals surface area contributed by atoms with Gasteiger partial charge in [-0.1, -0.05) is 6.07 Å². The molecule has 1 fully saturated rings. The highest BCUT2D eigenvalue weighted by Gasteiger charge is 2.25. The van der Waals surface area contributed by atoms with Crippen LogP contribution >= 0.6 is 0 Å². The van der Waals surface area contributed by atoms with Crippen molar-refractivity contribution in [2.24, 2.45) is 5.92 Å². The summed E-state index contributed by atoms with van der Waals surface area (Å²) in [5, 5.41) is 17.9. The van der Waals surface area contributed by atoms with Crippen LogP contribution < -0.4 is 10.6 Å². The van der Waals surface area contributed by atoms with E-state index in [0.29, 0.717) is 37.9 Å². The first kappa shape index (κ1) is 19.3. The molecule has 2 amide bonds. The van der Waals surface area contributed by atoms with Crippen LogP contribution in [0.25, 0.3) is 11.1 Å². The van der Waals surface area contributed by atoms with E-state index in [2.05, 4.69) is 20.6 Å². The average Bonchev–Trinajstić information content (AvgIpc) is 2.70. The molecule has 0 aromatic carbocycles. The smallest absolute Gasteiger partial charge is 0.320 e. The van der Waals surface area contributed by atoms with Gasteiger partial charge in [0.15, 0.2) is 0 Å². The molecule has 0 spiro atoms. The predicted molar refractivity (Wildman–Crippen MR) is 106 cm³/mol. The third-order valence-corrected chi connectivity index (χ3v) is 5.30. The summed E-state index contributed by atoms with van der Waals surface area (Å²) in [5.41, 5.74) is 1.92. The molecule has 27 heavy (non-hydrogen) atoms. The van der Waals surface area contributed by atoms with Crippen molar-refractivity contribution in [2.75, 3.05) is 31.5 Å². The van der Waals surface area contributed by atoms with Gasteiger partial charge in [-0.05, 0) is 55.9 Å². The lowest BCUT2D eigenvalue weighted by atomic mass is 9.93. The molecule has 0 atom stereocenters. The van der Waals surface area contributed by atoms with Crippen LogP contribution in [0.5, 0.6) is 0 Å². The summed E-state index contributed by atoms with van der Waals surface area (Å²) in [7, 11) is 0. The number of hydroxylamine groups is 3. The van der Waals surface area contributed by atoms with Gasteiger partial charge in [0.2, 0.25) is 0 Å². The summed E-state index contributed by atoms with van der Waals surface area (Å²) in [6.45, 7) is 4.59. The zero-order valence-electron chi connectivity index (χ0n) is 15.7. The largest absolute Gasteiger partial charge is 0.633 e. The topological polar surface area (TPSA) is 90.0 Å². The van der Waals surface area contributed by atoms with Gasteiger partial charge >= 0.3 is 6.03 Å². The minimum Gasteiger partial charge on any atom is -0.633 e. The van der Waals surface area contributed by atoms with Gasteiger partial charge < -0.3 is 15.2 Å². The molecule has 0 aliphatic carbocycles. The number of aromatic nitrogens is 2. The fourth-order valence-electron chi connectivity index (χ4n) is 3.46. The lowest BCUT2D eigenvalue weighted by molar-refractivity contribution is -0.885. The molecule has 0 saturated carbocycles. The summed E-state index contributed by atoms with van der Waals surface area (Å²) < 4.78 is -0.0661. The number of nitrogens with one attached hydrogen (secondary N) is 2. The fraction of sp³-hybridized carbons (Fsp3) is 0.450. The van der Waals surface area contributed by atoms with E-state index in [1.54, 1.807) is 18.6 Å². The number of anilines is 1. The summed E-state index contributed by atoms with van der Waals surface area (Å²) >= 11 is 0. The molecule has 2 aromatic heterocycles. The highest BCUT2D eigenvalue weighted by atomic mass is 16.5. The van der Waals surface area contributed by atoms with Gasteiger partial charge in [0.05, 0.1) is 19.6 Å². The summed E-state index contributed by atoms with van der Waals surface area (Å²) in [4.78, 5) is 20.4. The van der Waals surface area contributed by atoms with E-state index in [0.717, 1.165) is 30.4 Å². The van der Waals surface area contributed by atoms with Crippen LogP contribution in [-0.2, 0) is 0 Å². The first-order valence-corrected chi connectivity index (χ1v) is 9.56. The van der Waals surface area contributed by atoms with Crippen molar-refractivity contribution in [1.82, 2.24) is 15.3 Å². The number of quaternary nitrogens is 1. The van der Waals surface area contributed by atoms with Crippen molar-refractivity contribution in [1.29, 1.82) is 0 Å². The van der Waals surface area contributed by atoms with Gasteiger partial charge in [-0.3, -0.25) is 10.3 Å². The lowest BCUT2D eigenvalue weighted by Gasteiger charge is -2.46. The number of likely N-dealkylation sites (tertiary alicyclic amines) is 1. The second kappa shape index (κ2) is 8.92. The van der Waals surface area contributed by atoms with Crippen molar-refractivity contribution < 1.29 is 9.44 Å². The Morgan fingerprint density at radius 1 is 1.26 bits per heavy atom. The van der Waals surface area contributed by atoms with E-state index in [1.807, 2.05) is 31.2 Å². The first-order chi connectivity index (χ1) is 13.1. The number of urea groups is 1. The highest BCUT2D eigenvalue weighted by Crippen LogP contribution is 2.24. The van der Waals surface area contributed by atoms with Crippen molar-refractivity contribution in [3.8, 4) is 11.1 Å². The van der Waals surface area contributed by atoms with E-state index in [-0.39, 0.29) is 10.7 Å². The monoisotopic (exact) mass is 369 g/mol. The van der Waals surface area contributed by atoms with E-state index in [1.165, 1.54) is 0 Å². The number of rotatable bonds is 6. The van der Waals surface area contributed by atoms with Crippen LogP contribution in [-0.4, -0.2) is 46.8 Å². The molecule has 2 N–H and O–H groups in total. The molecule has 1 aliphatic rings. The molecule has 7 heteroatoms. The molecular weight excluding hydrogens is 342 g/mol. The number of hydrogen-bond acceptors (Lipinski definition) is 4. The van der Waals surface area contributed by atoms with Crippen LogP contribution in [0.3, 0.4) is 0 Å². The minimum absolute atomic E-state index is 0.0661. The summed E-state index contributed by atoms with van der Waals surface area (Å²) in [6.07, 6.45) is 7.95. The molecule has 144 valence electrons. The Balaban J connectivity index is 1.44. The second-order valence-electron chi connectivity index (χ2n) is 7.11. The molecular formula is C20H27N5O2. The third kappa shape index (κ3) is 5.48. The Kier molecular flexibility index (Phi) is 6.36. The molecule has 1 saturated heterocycles. The summed E-state index contributed by atoms with van der Waals surface area (Å²) in [5.74, 6) is 1.02. The highest BCUT2D eigenvalue weighted by molar-refractivity contribution is 5.88. The number of amides is 2. The molecule has 3 rings (SSSR count). The maximum absolute atomic E-state index is 12.2. The van der Waals surface area contributed by atoms with Crippen molar-refractivity contribution in [2.45, 2.75) is 26.2 Å². The average molecular weight is 369 g/mol. The second-order valence-corrected chi connectivity index (χ2v) is 7.11. The molecule has 0 unspecified atom stereocenters. The zero-order chi connectivity index (χ0) is 19.1. The molecule has 7 nitrogen and oxygen atoms in total. The first-order valence-electron chi connectivity index (χ1n) is 9.56. The molecule has 0 bridgehead atoms. The van der Waals surface area contributed by atoms with Crippen LogP contribution in [0, 0.1) is 11.1 Å². The van der Waals surface area contributed by atoms with Gasteiger partial charge in [-0.2, -0.15) is 0 Å². The Labute approximate surface area is 160 Å². The van der Waals surface area contributed by atoms with Crippen LogP contribution in [0.2, 0.25) is 0 Å². The minimum atomic E-state index is -0.260. The standard InChI is InChI=1S/C20H27N5O2/c1-2-25(27)12-7-16(8-13-25)5-10-23-20(26)24-19-14-17(6-11-22-19)18-4-3-9-21-15-18/h3-4,6,9,11,14-16H,2,5,7-8,10,12-13H2,1H3,(H2,22,23,24,26). The fourth-order valence-corrected chi connectivity index (χ4v) is 3.46. The molecule has 1 aliphatic heterocycles. The summed E-state index contributed by atoms with van der Waals surface area (Å²) in [6, 6.07) is 7.29. The van der Waals surface area contributed by atoms with Crippen LogP contribution in [0.4, 0.5) is 10.6 Å². The predicted octanol–water partition coefficient (Wildman–Crippen LogP) is 3.40. The number of piperidine rings is 1. The Morgan fingerprint density at radius 3 is 2.78 bits per heavy atom. The van der Waals surface area contributed by atoms with E-state index in [4.69, 9.17) is 0 Å². The van der Waals surface area contributed by atoms with Crippen molar-refractivity contribution >= 4 is 11.8 Å². The third-order valence-electron chi connectivity index (χ3n) is 5.30. The van der Waals surface area contributed by atoms with Crippen LogP contribution in [0.15, 0.2) is 42.9 Å². The lowest BCUT2D eigenvalue weighted by Crippen LogP contribution is -2.48. The molecule has 2 aromatic rings. The SMILES string of the molecule is CC[N+]1([O-])CCC(CCNC(=O)Nc2cc(-c3cccnc3)ccn2)CC1. The number of hydrogen-bond donors (Lipinski definition) is 2. The van der Waals surface area contributed by atoms with Gasteiger partial charge in [0, 0.05) is 30.7 Å². The van der Waals surface area contributed by atoms with E-state index in [9.17, 15) is 10.0 Å². The number of pyridine rings is 2. The zero-order valence-corrected chi connectivity index (χ0v) is 15.7. The van der Waals surface area contributed by atoms with Gasteiger partial charge in [-0.15, -0.1) is 0 Å². The Hall–Kier alpha value is -2.51.